The molecule has 0 aromatic carbocycles. The highest BCUT2D eigenvalue weighted by Crippen LogP contribution is 2.39. The predicted molar refractivity (Wildman–Crippen MR) is 402 cm³/mol. The van der Waals surface area contributed by atoms with E-state index >= 15 is 0 Å². The predicted octanol–water partition coefficient (Wildman–Crippen LogP) is -0.616. The molecule has 20 N–H and O–H groups in total. The summed E-state index contributed by atoms with van der Waals surface area (Å²) < 4.78 is 72.5. The maximum Gasteiger partial charge on any atom is 0.220 e. The average molecular weight is 1630 g/mol. The van der Waals surface area contributed by atoms with Crippen LogP contribution in [0.2, 0.25) is 0 Å². The first-order valence-corrected chi connectivity index (χ1v) is 41.8. The number of hydrogen-bond acceptors (Lipinski definition) is 32. The number of carbonyl (C=O) groups excluding carboxylic acids is 3. The first kappa shape index (κ1) is 98.8. The van der Waals surface area contributed by atoms with Crippen molar-refractivity contribution in [2.75, 3.05) is 39.6 Å². The molecule has 6 fully saturated rings. The Morgan fingerprint density at radius 1 is 0.363 bits per heavy atom. The van der Waals surface area contributed by atoms with E-state index in [9.17, 15) is 101 Å². The standard InChI is InChI=1S/C78H141N3O32/c1-6-8-10-12-14-16-18-20-21-22-23-25-27-29-31-33-35-37-54(90)81-47(48(89)36-34-32-30-28-26-24-19-17-15-13-11-9-7-2)43-102-75-65(99)63(97)68(52(41-85)108-75)109-77-66(100)72(60(94)50(39-83)105-77)113-74-56(80-46(5)88)70(111-76-64(98)62(96)57(91)44(3)103-76)69(53(42-86)107-74)110-78-67(101)71(59(93)51(40-84)106-78)112-73-55(79-45(4)87)61(95)58(92)49(38-82)104-73/h34,36,44,47-53,55-78,82-86,89,91-101H,6-33,35,37-43H2,1-5H3,(H,79,87)(H,80,88)(H,81,90)/b36-34+/t44?,47-,48+,49?,50?,51?,52?,53?,55?,56?,57+,58+,59-,60-,61+,62?,63+,64-,65?,66?,67?,68+,69+,70+,71-,72-,73-,74-,75+,76+,77-,78-/m0/s1. The van der Waals surface area contributed by atoms with Gasteiger partial charge in [0.2, 0.25) is 17.7 Å². The van der Waals surface area contributed by atoms with Crippen LogP contribution in [0, 0.1) is 0 Å². The number of aliphatic hydroxyl groups excluding tert-OH is 17. The highest BCUT2D eigenvalue weighted by atomic mass is 16.8. The average Bonchev–Trinajstić information content (AvgIpc) is 0.760. The topological polar surface area (TPSA) is 542 Å². The van der Waals surface area contributed by atoms with Gasteiger partial charge in [-0.25, -0.2) is 0 Å². The zero-order valence-electron chi connectivity index (χ0n) is 66.8. The fraction of sp³-hybridized carbons (Fsp3) is 0.936. The number of aliphatic hydroxyl groups is 17. The molecule has 0 aromatic rings. The molecule has 6 rings (SSSR count). The molecule has 3 amide bonds. The number of unbranched alkanes of at least 4 members (excludes halogenated alkanes) is 27. The summed E-state index contributed by atoms with van der Waals surface area (Å²) >= 11 is 0. The number of amides is 3. The molecule has 35 heteroatoms. The number of allylic oxidation sites excluding steroid dienone is 1. The highest BCUT2D eigenvalue weighted by Gasteiger charge is 2.59. The lowest BCUT2D eigenvalue weighted by atomic mass is 9.93. The molecular formula is C78H141N3O32. The van der Waals surface area contributed by atoms with Crippen molar-refractivity contribution in [1.29, 1.82) is 0 Å². The maximum atomic E-state index is 13.6. The summed E-state index contributed by atoms with van der Waals surface area (Å²) in [5, 5.41) is 199. The third kappa shape index (κ3) is 30.6. The molecule has 0 aromatic heterocycles. The Hall–Kier alpha value is -3.01. The van der Waals surface area contributed by atoms with Gasteiger partial charge in [-0.15, -0.1) is 0 Å². The fourth-order valence-electron chi connectivity index (χ4n) is 15.4. The molecule has 0 spiro atoms. The van der Waals surface area contributed by atoms with E-state index in [1.807, 2.05) is 6.08 Å². The SMILES string of the molecule is CCCCCCCCCCCCC/C=C/[C@@H](O)[C@H](CO[C@@H]1OC(CO)[C@@H](O[C@@H]2OC(CO)[C@H](O)[C@H](O[C@@H]3OC(CO)[C@@H](O[C@@H]4OC(CO)[C@H](O)[C@H](O[C@@H]5OC(CO)[C@@H](O)[C@H](O)C5NC(C)=O)C4O)[C@H](O[C@H]4OC(C)[C@@H](O)C(O)[C@@H]4O)C3NC(C)=O)C2O)[C@H](O)C1O)NC(=O)CCCCCCCCCCCCCCCCCCC. The van der Waals surface area contributed by atoms with E-state index in [0.29, 0.717) is 12.8 Å². The first-order valence-electron chi connectivity index (χ1n) is 41.8. The second-order valence-electron chi connectivity index (χ2n) is 31.3. The van der Waals surface area contributed by atoms with Crippen LogP contribution >= 0.6 is 0 Å². The van der Waals surface area contributed by atoms with E-state index < -0.39 is 248 Å². The Morgan fingerprint density at radius 3 is 1.19 bits per heavy atom. The normalized spacial score (nSPS) is 37.0. The Kier molecular flexibility index (Phi) is 46.3. The Morgan fingerprint density at radius 2 is 0.726 bits per heavy atom. The van der Waals surface area contributed by atoms with Crippen LogP contribution in [-0.4, -0.2) is 340 Å². The quantitative estimate of drug-likeness (QED) is 0.0267. The van der Waals surface area contributed by atoms with Crippen molar-refractivity contribution in [1.82, 2.24) is 16.0 Å². The van der Waals surface area contributed by atoms with Crippen molar-refractivity contribution in [2.45, 2.75) is 424 Å². The van der Waals surface area contributed by atoms with Crippen LogP contribution in [0.5, 0.6) is 0 Å². The van der Waals surface area contributed by atoms with Crippen LogP contribution < -0.4 is 16.0 Å². The van der Waals surface area contributed by atoms with Crippen LogP contribution in [-0.2, 0) is 71.2 Å². The van der Waals surface area contributed by atoms with Gasteiger partial charge in [0, 0.05) is 20.3 Å². The van der Waals surface area contributed by atoms with Crippen LogP contribution in [0.4, 0.5) is 0 Å². The summed E-state index contributed by atoms with van der Waals surface area (Å²) in [7, 11) is 0. The number of nitrogens with one attached hydrogen (secondary N) is 3. The summed E-state index contributed by atoms with van der Waals surface area (Å²) in [6.07, 6.45) is -18.0. The monoisotopic (exact) mass is 1630 g/mol. The van der Waals surface area contributed by atoms with Crippen molar-refractivity contribution >= 4 is 17.7 Å². The van der Waals surface area contributed by atoms with Gasteiger partial charge >= 0.3 is 0 Å². The molecule has 0 bridgehead atoms. The molecular weight excluding hydrogens is 1490 g/mol. The molecule has 0 radical (unpaired) electrons. The minimum absolute atomic E-state index is 0.168. The van der Waals surface area contributed by atoms with Gasteiger partial charge in [-0.3, -0.25) is 14.4 Å². The summed E-state index contributed by atoms with van der Waals surface area (Å²) in [6.45, 7) is 2.27. The second kappa shape index (κ2) is 52.9. The van der Waals surface area contributed by atoms with E-state index in [0.717, 1.165) is 65.2 Å². The van der Waals surface area contributed by atoms with Crippen LogP contribution in [0.15, 0.2) is 12.2 Å². The third-order valence-electron chi connectivity index (χ3n) is 22.2. The van der Waals surface area contributed by atoms with Crippen LogP contribution in [0.25, 0.3) is 0 Å². The van der Waals surface area contributed by atoms with Gasteiger partial charge in [0.05, 0.1) is 57.9 Å². The van der Waals surface area contributed by atoms with E-state index in [1.54, 1.807) is 6.08 Å². The molecule has 6 aliphatic heterocycles. The van der Waals surface area contributed by atoms with Gasteiger partial charge in [0.15, 0.2) is 37.7 Å². The van der Waals surface area contributed by atoms with Crippen molar-refractivity contribution < 1.29 is 158 Å². The molecule has 113 heavy (non-hydrogen) atoms. The van der Waals surface area contributed by atoms with Gasteiger partial charge in [-0.2, -0.15) is 0 Å². The van der Waals surface area contributed by atoms with E-state index in [-0.39, 0.29) is 12.3 Å². The van der Waals surface area contributed by atoms with Gasteiger partial charge < -0.3 is 160 Å². The van der Waals surface area contributed by atoms with Gasteiger partial charge in [0.25, 0.3) is 0 Å². The molecule has 6 heterocycles. The number of carbonyl (C=O) groups is 3. The van der Waals surface area contributed by atoms with E-state index in [1.165, 1.54) is 129 Å². The van der Waals surface area contributed by atoms with Crippen molar-refractivity contribution in [3.63, 3.8) is 0 Å². The maximum absolute atomic E-state index is 13.6. The first-order chi connectivity index (χ1) is 54.3. The fourth-order valence-corrected chi connectivity index (χ4v) is 15.4. The zero-order valence-corrected chi connectivity index (χ0v) is 66.8. The lowest BCUT2D eigenvalue weighted by Crippen LogP contribution is -2.71. The third-order valence-corrected chi connectivity index (χ3v) is 22.2. The van der Waals surface area contributed by atoms with Crippen LogP contribution in [0.1, 0.15) is 227 Å². The minimum atomic E-state index is -2.26. The van der Waals surface area contributed by atoms with E-state index in [2.05, 4.69) is 29.8 Å². The van der Waals surface area contributed by atoms with E-state index in [4.69, 9.17) is 56.8 Å². The molecule has 660 valence electrons. The molecule has 6 saturated heterocycles. The van der Waals surface area contributed by atoms with Crippen molar-refractivity contribution in [3.8, 4) is 0 Å². The number of hydrogen-bond donors (Lipinski definition) is 20. The largest absolute Gasteiger partial charge is 0.394 e. The Bertz CT molecular complexity index is 2620. The molecule has 6 aliphatic rings. The van der Waals surface area contributed by atoms with Gasteiger partial charge in [-0.1, -0.05) is 193 Å². The molecule has 0 saturated carbocycles. The molecule has 12 unspecified atom stereocenters. The summed E-state index contributed by atoms with van der Waals surface area (Å²) in [5.74, 6) is -2.02. The molecule has 35 nitrogen and oxygen atoms in total. The molecule has 0 aliphatic carbocycles. The van der Waals surface area contributed by atoms with Crippen molar-refractivity contribution in [3.05, 3.63) is 12.2 Å². The Labute approximate surface area is 664 Å². The smallest absolute Gasteiger partial charge is 0.220 e. The lowest BCUT2D eigenvalue weighted by molar-refractivity contribution is -0.395. The highest BCUT2D eigenvalue weighted by molar-refractivity contribution is 5.76. The summed E-state index contributed by atoms with van der Waals surface area (Å²) in [4.78, 5) is 39.4. The lowest BCUT2D eigenvalue weighted by Gasteiger charge is -2.52. The minimum Gasteiger partial charge on any atom is -0.394 e. The van der Waals surface area contributed by atoms with Crippen LogP contribution in [0.3, 0.4) is 0 Å². The zero-order chi connectivity index (χ0) is 82.7. The van der Waals surface area contributed by atoms with Gasteiger partial charge in [-0.05, 0) is 26.2 Å². The summed E-state index contributed by atoms with van der Waals surface area (Å²) in [6, 6.07) is -4.61. The number of ether oxygens (including phenoxy) is 12. The Balaban J connectivity index is 1.15. The van der Waals surface area contributed by atoms with Crippen molar-refractivity contribution in [2.24, 2.45) is 0 Å². The summed E-state index contributed by atoms with van der Waals surface area (Å²) in [5.41, 5.74) is 0. The van der Waals surface area contributed by atoms with Gasteiger partial charge in [0.1, 0.15) is 140 Å². The number of rotatable bonds is 53. The molecule has 32 atom stereocenters. The second-order valence-corrected chi connectivity index (χ2v) is 31.3.